The zero-order chi connectivity index (χ0) is 13.8. The van der Waals surface area contributed by atoms with E-state index in [0.717, 1.165) is 0 Å². The molecule has 2 aromatic rings. The minimum absolute atomic E-state index is 0.0963. The van der Waals surface area contributed by atoms with Crippen molar-refractivity contribution in [2.45, 2.75) is 0 Å². The molecule has 1 aromatic heterocycles. The van der Waals surface area contributed by atoms with Gasteiger partial charge in [0.25, 0.3) is 5.69 Å². The fraction of sp³-hybridized carbons (Fsp3) is 0. The molecule has 0 spiro atoms. The summed E-state index contributed by atoms with van der Waals surface area (Å²) in [6.07, 6.45) is 2.75. The Morgan fingerprint density at radius 3 is 2.53 bits per heavy atom. The van der Waals surface area contributed by atoms with Crippen LogP contribution in [0.25, 0.3) is 0 Å². The number of nitrogens with zero attached hydrogens (tertiary/aromatic N) is 2. The lowest BCUT2D eigenvalue weighted by molar-refractivity contribution is -0.384. The molecule has 0 bridgehead atoms. The Bertz CT molecular complexity index is 628. The highest BCUT2D eigenvalue weighted by molar-refractivity contribution is 6.30. The van der Waals surface area contributed by atoms with Gasteiger partial charge in [-0.15, -0.1) is 0 Å². The van der Waals surface area contributed by atoms with Crippen LogP contribution >= 0.6 is 11.6 Å². The molecule has 6 nitrogen and oxygen atoms in total. The number of ether oxygens (including phenoxy) is 1. The minimum Gasteiger partial charge on any atom is -0.421 e. The number of aromatic nitrogens is 1. The fourth-order valence-corrected chi connectivity index (χ4v) is 1.50. The topological polar surface area (TPSA) is 82.3 Å². The summed E-state index contributed by atoms with van der Waals surface area (Å²) < 4.78 is 5.03. The van der Waals surface area contributed by atoms with Gasteiger partial charge in [-0.3, -0.25) is 15.1 Å². The molecule has 0 aliphatic rings. The van der Waals surface area contributed by atoms with Crippen LogP contribution in [0.4, 0.5) is 5.69 Å². The molecule has 0 aliphatic carbocycles. The van der Waals surface area contributed by atoms with E-state index in [1.807, 2.05) is 0 Å². The van der Waals surface area contributed by atoms with E-state index in [1.54, 1.807) is 0 Å². The van der Waals surface area contributed by atoms with Gasteiger partial charge in [0.05, 0.1) is 21.7 Å². The van der Waals surface area contributed by atoms with Crippen LogP contribution in [-0.4, -0.2) is 15.9 Å². The zero-order valence-electron chi connectivity index (χ0n) is 9.45. The Morgan fingerprint density at radius 1 is 1.26 bits per heavy atom. The van der Waals surface area contributed by atoms with Crippen LogP contribution < -0.4 is 4.74 Å². The van der Waals surface area contributed by atoms with Crippen molar-refractivity contribution in [3.63, 3.8) is 0 Å². The van der Waals surface area contributed by atoms with Crippen LogP contribution in [-0.2, 0) is 0 Å². The monoisotopic (exact) mass is 278 g/mol. The van der Waals surface area contributed by atoms with E-state index < -0.39 is 10.9 Å². The molecule has 0 atom stereocenters. The smallest absolute Gasteiger partial charge is 0.343 e. The first kappa shape index (κ1) is 13.0. The fourth-order valence-electron chi connectivity index (χ4n) is 1.33. The molecule has 0 amide bonds. The van der Waals surface area contributed by atoms with Gasteiger partial charge in [0, 0.05) is 24.4 Å². The van der Waals surface area contributed by atoms with E-state index in [9.17, 15) is 14.9 Å². The number of hydrogen-bond acceptors (Lipinski definition) is 5. The van der Waals surface area contributed by atoms with Gasteiger partial charge in [-0.1, -0.05) is 11.6 Å². The molecule has 0 aliphatic heterocycles. The third-order valence-corrected chi connectivity index (χ3v) is 2.41. The van der Waals surface area contributed by atoms with Gasteiger partial charge in [-0.2, -0.15) is 0 Å². The van der Waals surface area contributed by atoms with Crippen molar-refractivity contribution >= 4 is 23.3 Å². The minimum atomic E-state index is -0.640. The number of nitro groups is 1. The molecule has 0 N–H and O–H groups in total. The first-order valence-electron chi connectivity index (χ1n) is 5.13. The van der Waals surface area contributed by atoms with Crippen LogP contribution in [0.15, 0.2) is 42.7 Å². The van der Waals surface area contributed by atoms with Crippen molar-refractivity contribution in [2.24, 2.45) is 0 Å². The van der Waals surface area contributed by atoms with Crippen LogP contribution in [0.3, 0.4) is 0 Å². The van der Waals surface area contributed by atoms with Crippen molar-refractivity contribution < 1.29 is 14.5 Å². The predicted octanol–water partition coefficient (Wildman–Crippen LogP) is 2.86. The van der Waals surface area contributed by atoms with Gasteiger partial charge in [-0.05, 0) is 12.1 Å². The normalized spacial score (nSPS) is 9.95. The van der Waals surface area contributed by atoms with E-state index in [1.165, 1.54) is 42.7 Å². The highest BCUT2D eigenvalue weighted by Gasteiger charge is 2.11. The molecule has 0 unspecified atom stereocenters. The summed E-state index contributed by atoms with van der Waals surface area (Å²) in [6.45, 7) is 0. The first-order valence-corrected chi connectivity index (χ1v) is 5.51. The maximum atomic E-state index is 11.7. The number of hydrogen-bond donors (Lipinski definition) is 0. The van der Waals surface area contributed by atoms with Crippen molar-refractivity contribution in [1.82, 2.24) is 4.98 Å². The second-order valence-corrected chi connectivity index (χ2v) is 3.97. The van der Waals surface area contributed by atoms with Crippen LogP contribution in [0.5, 0.6) is 5.75 Å². The quantitative estimate of drug-likeness (QED) is 0.490. The predicted molar refractivity (Wildman–Crippen MR) is 67.3 cm³/mol. The second-order valence-electron chi connectivity index (χ2n) is 3.53. The first-order chi connectivity index (χ1) is 9.06. The number of rotatable bonds is 3. The van der Waals surface area contributed by atoms with Crippen molar-refractivity contribution in [2.75, 3.05) is 0 Å². The molecule has 0 saturated carbocycles. The Labute approximate surface area is 112 Å². The zero-order valence-corrected chi connectivity index (χ0v) is 10.2. The van der Waals surface area contributed by atoms with Gasteiger partial charge >= 0.3 is 5.97 Å². The highest BCUT2D eigenvalue weighted by Crippen LogP contribution is 2.18. The summed E-state index contributed by atoms with van der Waals surface area (Å²) in [4.78, 5) is 25.4. The number of pyridine rings is 1. The number of nitro benzene ring substituents is 1. The van der Waals surface area contributed by atoms with Crippen molar-refractivity contribution in [3.8, 4) is 5.75 Å². The number of esters is 1. The third kappa shape index (κ3) is 3.26. The van der Waals surface area contributed by atoms with Crippen LogP contribution in [0.2, 0.25) is 5.02 Å². The summed E-state index contributed by atoms with van der Waals surface area (Å²) in [5.41, 5.74) is 0.103. The summed E-state index contributed by atoms with van der Waals surface area (Å²) in [5, 5.41) is 10.8. The van der Waals surface area contributed by atoms with E-state index >= 15 is 0 Å². The van der Waals surface area contributed by atoms with E-state index in [4.69, 9.17) is 16.3 Å². The molecule has 7 heteroatoms. The average Bonchev–Trinajstić information content (AvgIpc) is 2.39. The maximum absolute atomic E-state index is 11.7. The Hall–Kier alpha value is -2.47. The molecule has 0 saturated heterocycles. The van der Waals surface area contributed by atoms with Crippen molar-refractivity contribution in [3.05, 3.63) is 63.4 Å². The van der Waals surface area contributed by atoms with E-state index in [0.29, 0.717) is 5.02 Å². The Morgan fingerprint density at radius 2 is 1.95 bits per heavy atom. The summed E-state index contributed by atoms with van der Waals surface area (Å²) in [6, 6.07) is 6.54. The van der Waals surface area contributed by atoms with E-state index in [2.05, 4.69) is 4.98 Å². The van der Waals surface area contributed by atoms with Gasteiger partial charge in [0.1, 0.15) is 0 Å². The SMILES string of the molecule is O=C(Oc1cncc(Cl)c1)c1ccc([N+](=O)[O-])cc1. The maximum Gasteiger partial charge on any atom is 0.343 e. The molecule has 1 aromatic carbocycles. The average molecular weight is 279 g/mol. The second kappa shape index (κ2) is 5.45. The summed E-state index contributed by atoms with van der Waals surface area (Å²) >= 11 is 5.70. The number of carbonyl (C=O) groups is 1. The van der Waals surface area contributed by atoms with Crippen LogP contribution in [0, 0.1) is 10.1 Å². The number of non-ortho nitro benzene ring substituents is 1. The molecule has 0 fully saturated rings. The van der Waals surface area contributed by atoms with Crippen LogP contribution in [0.1, 0.15) is 10.4 Å². The molecule has 1 heterocycles. The lowest BCUT2D eigenvalue weighted by Crippen LogP contribution is -2.08. The van der Waals surface area contributed by atoms with Gasteiger partial charge < -0.3 is 4.74 Å². The molecule has 0 radical (unpaired) electrons. The van der Waals surface area contributed by atoms with Crippen molar-refractivity contribution in [1.29, 1.82) is 0 Å². The number of carbonyl (C=O) groups excluding carboxylic acids is 1. The largest absolute Gasteiger partial charge is 0.421 e. The van der Waals surface area contributed by atoms with Gasteiger partial charge in [0.15, 0.2) is 5.75 Å². The molecule has 19 heavy (non-hydrogen) atoms. The summed E-state index contributed by atoms with van der Waals surface area (Å²) in [7, 11) is 0. The molecular formula is C12H7ClN2O4. The molecule has 2 rings (SSSR count). The Balaban J connectivity index is 2.14. The summed E-state index contributed by atoms with van der Waals surface area (Å²) in [5.74, 6) is -0.435. The molecular weight excluding hydrogens is 272 g/mol. The highest BCUT2D eigenvalue weighted by atomic mass is 35.5. The van der Waals surface area contributed by atoms with Gasteiger partial charge in [-0.25, -0.2) is 4.79 Å². The molecule has 96 valence electrons. The standard InChI is InChI=1S/C12H7ClN2O4/c13-9-5-11(7-14-6-9)19-12(16)8-1-3-10(4-2-8)15(17)18/h1-7H. The number of benzene rings is 1. The number of halogens is 1. The lowest BCUT2D eigenvalue weighted by Gasteiger charge is -2.03. The Kier molecular flexibility index (Phi) is 3.72. The van der Waals surface area contributed by atoms with E-state index in [-0.39, 0.29) is 17.0 Å². The lowest BCUT2D eigenvalue weighted by atomic mass is 10.2. The third-order valence-electron chi connectivity index (χ3n) is 2.20. The van der Waals surface area contributed by atoms with Gasteiger partial charge in [0.2, 0.25) is 0 Å².